The van der Waals surface area contributed by atoms with Crippen molar-refractivity contribution in [2.45, 2.75) is 13.1 Å². The van der Waals surface area contributed by atoms with Gasteiger partial charge in [0.1, 0.15) is 11.6 Å². The summed E-state index contributed by atoms with van der Waals surface area (Å²) in [5.41, 5.74) is 2.65. The van der Waals surface area contributed by atoms with Gasteiger partial charge < -0.3 is 15.2 Å². The molecule has 0 unspecified atom stereocenters. The standard InChI is InChI=1S/C18H20FN5/c1-20-18(21-11-13-7-3-4-8-14(13)19)22-12-17-23-15-9-5-6-10-16(15)24(17)2/h3-10H,11-12H2,1-2H3,(H2,20,21,22). The number of nitrogens with one attached hydrogen (secondary N) is 2. The highest BCUT2D eigenvalue weighted by Gasteiger charge is 2.08. The minimum absolute atomic E-state index is 0.226. The van der Waals surface area contributed by atoms with Crippen LogP contribution in [0.3, 0.4) is 0 Å². The van der Waals surface area contributed by atoms with Crippen LogP contribution in [-0.2, 0) is 20.1 Å². The molecule has 0 amide bonds. The van der Waals surface area contributed by atoms with Crippen molar-refractivity contribution in [1.82, 2.24) is 20.2 Å². The van der Waals surface area contributed by atoms with Crippen LogP contribution in [0, 0.1) is 5.82 Å². The maximum atomic E-state index is 13.7. The van der Waals surface area contributed by atoms with E-state index >= 15 is 0 Å². The maximum absolute atomic E-state index is 13.7. The normalized spacial score (nSPS) is 11.7. The van der Waals surface area contributed by atoms with E-state index in [2.05, 4.69) is 20.6 Å². The molecule has 0 bridgehead atoms. The maximum Gasteiger partial charge on any atom is 0.191 e. The zero-order valence-corrected chi connectivity index (χ0v) is 13.8. The Morgan fingerprint density at radius 3 is 2.54 bits per heavy atom. The van der Waals surface area contributed by atoms with Crippen LogP contribution in [0.25, 0.3) is 11.0 Å². The van der Waals surface area contributed by atoms with Crippen molar-refractivity contribution in [2.24, 2.45) is 12.0 Å². The average molecular weight is 325 g/mol. The Bertz CT molecular complexity index is 869. The van der Waals surface area contributed by atoms with Crippen LogP contribution < -0.4 is 10.6 Å². The fraction of sp³-hybridized carbons (Fsp3) is 0.222. The van der Waals surface area contributed by atoms with Crippen LogP contribution in [-0.4, -0.2) is 22.6 Å². The van der Waals surface area contributed by atoms with Crippen molar-refractivity contribution >= 4 is 17.0 Å². The van der Waals surface area contributed by atoms with Crippen molar-refractivity contribution in [3.05, 3.63) is 65.7 Å². The lowest BCUT2D eigenvalue weighted by atomic mass is 10.2. The molecular formula is C18H20FN5. The van der Waals surface area contributed by atoms with Gasteiger partial charge in [-0.3, -0.25) is 4.99 Å². The SMILES string of the molecule is CN=C(NCc1ccccc1F)NCc1nc2ccccc2n1C. The Labute approximate surface area is 140 Å². The number of rotatable bonds is 4. The third kappa shape index (κ3) is 3.37. The summed E-state index contributed by atoms with van der Waals surface area (Å²) in [6.45, 7) is 0.900. The summed E-state index contributed by atoms with van der Waals surface area (Å²) in [5, 5.41) is 6.32. The molecule has 0 spiro atoms. The molecular weight excluding hydrogens is 305 g/mol. The molecule has 1 aromatic heterocycles. The number of nitrogens with zero attached hydrogens (tertiary/aromatic N) is 3. The first-order valence-electron chi connectivity index (χ1n) is 7.77. The number of hydrogen-bond acceptors (Lipinski definition) is 2. The molecule has 0 saturated carbocycles. The topological polar surface area (TPSA) is 54.2 Å². The Morgan fingerprint density at radius 1 is 1.08 bits per heavy atom. The zero-order valence-electron chi connectivity index (χ0n) is 13.8. The van der Waals surface area contributed by atoms with E-state index < -0.39 is 0 Å². The molecule has 0 aliphatic heterocycles. The number of imidazole rings is 1. The first-order chi connectivity index (χ1) is 11.7. The van der Waals surface area contributed by atoms with Crippen molar-refractivity contribution in [1.29, 1.82) is 0 Å². The number of halogens is 1. The van der Waals surface area contributed by atoms with Crippen LogP contribution >= 0.6 is 0 Å². The van der Waals surface area contributed by atoms with Gasteiger partial charge in [0.05, 0.1) is 17.6 Å². The minimum atomic E-state index is -0.226. The highest BCUT2D eigenvalue weighted by Crippen LogP contribution is 2.13. The molecule has 0 radical (unpaired) electrons. The van der Waals surface area contributed by atoms with Gasteiger partial charge in [-0.1, -0.05) is 30.3 Å². The predicted octanol–water partition coefficient (Wildman–Crippen LogP) is 2.58. The Kier molecular flexibility index (Phi) is 4.74. The second-order valence-electron chi connectivity index (χ2n) is 5.45. The molecule has 3 rings (SSSR count). The molecule has 3 aromatic rings. The summed E-state index contributed by atoms with van der Waals surface area (Å²) >= 11 is 0. The Hall–Kier alpha value is -2.89. The van der Waals surface area contributed by atoms with Gasteiger partial charge >= 0.3 is 0 Å². The molecule has 6 heteroatoms. The van der Waals surface area contributed by atoms with Gasteiger partial charge in [-0.15, -0.1) is 0 Å². The smallest absolute Gasteiger partial charge is 0.191 e. The van der Waals surface area contributed by atoms with Crippen LogP contribution in [0.5, 0.6) is 0 Å². The summed E-state index contributed by atoms with van der Waals surface area (Å²) < 4.78 is 15.7. The van der Waals surface area contributed by atoms with Gasteiger partial charge in [0, 0.05) is 26.2 Å². The minimum Gasteiger partial charge on any atom is -0.352 e. The van der Waals surface area contributed by atoms with E-state index in [9.17, 15) is 4.39 Å². The number of para-hydroxylation sites is 2. The molecule has 124 valence electrons. The molecule has 2 aromatic carbocycles. The number of aliphatic imine (C=N–C) groups is 1. The highest BCUT2D eigenvalue weighted by atomic mass is 19.1. The van der Waals surface area contributed by atoms with E-state index in [1.54, 1.807) is 19.2 Å². The Balaban J connectivity index is 1.63. The second-order valence-corrected chi connectivity index (χ2v) is 5.45. The van der Waals surface area contributed by atoms with Crippen LogP contribution in [0.15, 0.2) is 53.5 Å². The molecule has 0 aliphatic rings. The van der Waals surface area contributed by atoms with E-state index in [4.69, 9.17) is 0 Å². The lowest BCUT2D eigenvalue weighted by Crippen LogP contribution is -2.37. The van der Waals surface area contributed by atoms with Crippen molar-refractivity contribution in [3.63, 3.8) is 0 Å². The molecule has 0 atom stereocenters. The number of benzene rings is 2. The number of hydrogen-bond donors (Lipinski definition) is 2. The van der Waals surface area contributed by atoms with Gasteiger partial charge in [0.15, 0.2) is 5.96 Å². The summed E-state index contributed by atoms with van der Waals surface area (Å²) in [7, 11) is 3.67. The number of aromatic nitrogens is 2. The summed E-state index contributed by atoms with van der Waals surface area (Å²) in [6.07, 6.45) is 0. The quantitative estimate of drug-likeness (QED) is 0.573. The van der Waals surface area contributed by atoms with Crippen molar-refractivity contribution in [3.8, 4) is 0 Å². The second kappa shape index (κ2) is 7.12. The van der Waals surface area contributed by atoms with Crippen LogP contribution in [0.4, 0.5) is 4.39 Å². The first-order valence-corrected chi connectivity index (χ1v) is 7.77. The lowest BCUT2D eigenvalue weighted by molar-refractivity contribution is 0.604. The molecule has 5 nitrogen and oxygen atoms in total. The fourth-order valence-electron chi connectivity index (χ4n) is 2.56. The van der Waals surface area contributed by atoms with E-state index in [-0.39, 0.29) is 5.82 Å². The summed E-state index contributed by atoms with van der Waals surface area (Å²) in [5.74, 6) is 1.28. The monoisotopic (exact) mass is 325 g/mol. The predicted molar refractivity (Wildman–Crippen MR) is 94.2 cm³/mol. The van der Waals surface area contributed by atoms with E-state index in [0.717, 1.165) is 16.9 Å². The molecule has 1 heterocycles. The van der Waals surface area contributed by atoms with E-state index in [1.807, 2.05) is 41.9 Å². The van der Waals surface area contributed by atoms with Crippen LogP contribution in [0.2, 0.25) is 0 Å². The molecule has 2 N–H and O–H groups in total. The van der Waals surface area contributed by atoms with E-state index in [1.165, 1.54) is 6.07 Å². The largest absolute Gasteiger partial charge is 0.352 e. The van der Waals surface area contributed by atoms with Gasteiger partial charge in [-0.05, 0) is 18.2 Å². The van der Waals surface area contributed by atoms with Gasteiger partial charge in [0.2, 0.25) is 0 Å². The fourth-order valence-corrected chi connectivity index (χ4v) is 2.56. The summed E-state index contributed by atoms with van der Waals surface area (Å²) in [6, 6.07) is 14.7. The Morgan fingerprint density at radius 2 is 1.79 bits per heavy atom. The lowest BCUT2D eigenvalue weighted by Gasteiger charge is -2.12. The summed E-state index contributed by atoms with van der Waals surface area (Å²) in [4.78, 5) is 8.77. The van der Waals surface area contributed by atoms with Crippen LogP contribution in [0.1, 0.15) is 11.4 Å². The van der Waals surface area contributed by atoms with Crippen molar-refractivity contribution < 1.29 is 4.39 Å². The zero-order chi connectivity index (χ0) is 16.9. The molecule has 0 fully saturated rings. The average Bonchev–Trinajstić information content (AvgIpc) is 2.93. The van der Waals surface area contributed by atoms with Crippen molar-refractivity contribution in [2.75, 3.05) is 7.05 Å². The number of fused-ring (bicyclic) bond motifs is 1. The third-order valence-corrected chi connectivity index (χ3v) is 3.92. The molecule has 24 heavy (non-hydrogen) atoms. The van der Waals surface area contributed by atoms with Gasteiger partial charge in [-0.25, -0.2) is 9.37 Å². The van der Waals surface area contributed by atoms with E-state index in [0.29, 0.717) is 24.6 Å². The first kappa shape index (κ1) is 16.0. The third-order valence-electron chi connectivity index (χ3n) is 3.92. The highest BCUT2D eigenvalue weighted by molar-refractivity contribution is 5.80. The molecule has 0 saturated heterocycles. The number of aryl methyl sites for hydroxylation is 1. The van der Waals surface area contributed by atoms with Gasteiger partial charge in [-0.2, -0.15) is 0 Å². The van der Waals surface area contributed by atoms with Gasteiger partial charge in [0.25, 0.3) is 0 Å². The number of guanidine groups is 1. The molecule has 0 aliphatic carbocycles.